The minimum Gasteiger partial charge on any atom is -0.376 e. The molecule has 0 radical (unpaired) electrons. The summed E-state index contributed by atoms with van der Waals surface area (Å²) in [7, 11) is 0. The number of urea groups is 1. The number of hydrogen-bond donors (Lipinski definition) is 2. The molecule has 5 nitrogen and oxygen atoms in total. The van der Waals surface area contributed by atoms with Crippen LogP contribution in [-0.4, -0.2) is 25.3 Å². The van der Waals surface area contributed by atoms with Crippen LogP contribution in [0.2, 0.25) is 0 Å². The summed E-state index contributed by atoms with van der Waals surface area (Å²) >= 11 is 0. The van der Waals surface area contributed by atoms with E-state index in [1.165, 1.54) is 5.56 Å². The first-order chi connectivity index (χ1) is 13.5. The molecule has 0 aliphatic heterocycles. The molecule has 0 fully saturated rings. The van der Waals surface area contributed by atoms with Gasteiger partial charge in [-0.1, -0.05) is 43.3 Å². The largest absolute Gasteiger partial charge is 0.376 e. The van der Waals surface area contributed by atoms with Crippen LogP contribution in [0.5, 0.6) is 0 Å². The third kappa shape index (κ3) is 7.71. The zero-order chi connectivity index (χ0) is 20.4. The summed E-state index contributed by atoms with van der Waals surface area (Å²) in [4.78, 5) is 12.3. The molecule has 5 heteroatoms. The van der Waals surface area contributed by atoms with Gasteiger partial charge >= 0.3 is 6.03 Å². The summed E-state index contributed by atoms with van der Waals surface area (Å²) < 4.78 is 11.1. The van der Waals surface area contributed by atoms with Crippen LogP contribution in [0.4, 0.5) is 10.5 Å². The third-order valence-corrected chi connectivity index (χ3v) is 4.37. The molecule has 152 valence electrons. The van der Waals surface area contributed by atoms with E-state index < -0.39 is 0 Å². The summed E-state index contributed by atoms with van der Waals surface area (Å²) in [5, 5.41) is 5.87. The fraction of sp³-hybridized carbons (Fsp3) is 0.435. The van der Waals surface area contributed by atoms with E-state index in [4.69, 9.17) is 9.47 Å². The fourth-order valence-corrected chi connectivity index (χ4v) is 2.76. The molecule has 0 aliphatic rings. The Morgan fingerprint density at radius 2 is 1.75 bits per heavy atom. The number of hydrogen-bond acceptors (Lipinski definition) is 3. The number of carbonyl (C=O) groups excluding carboxylic acids is 1. The van der Waals surface area contributed by atoms with Crippen molar-refractivity contribution in [1.29, 1.82) is 0 Å². The fourth-order valence-electron chi connectivity index (χ4n) is 2.76. The maximum Gasteiger partial charge on any atom is 0.319 e. The second-order valence-corrected chi connectivity index (χ2v) is 7.09. The molecule has 1 atom stereocenters. The molecule has 2 aromatic carbocycles. The predicted octanol–water partition coefficient (Wildman–Crippen LogP) is 5.07. The van der Waals surface area contributed by atoms with Crippen LogP contribution < -0.4 is 10.6 Å². The molecular weight excluding hydrogens is 352 g/mol. The second kappa shape index (κ2) is 11.5. The summed E-state index contributed by atoms with van der Waals surface area (Å²) in [6, 6.07) is 15.7. The van der Waals surface area contributed by atoms with E-state index in [-0.39, 0.29) is 18.2 Å². The standard InChI is InChI=1S/C23H32N2O3/c1-5-19-9-11-21(12-10-19)18(4)24-23(26)25-22-8-6-7-20(15-22)16-27-13-14-28-17(2)3/h6-12,15,17-18H,5,13-14,16H2,1-4H3,(H2,24,25,26). The quantitative estimate of drug-likeness (QED) is 0.562. The summed E-state index contributed by atoms with van der Waals surface area (Å²) in [6.07, 6.45) is 1.22. The minimum absolute atomic E-state index is 0.0709. The number of benzene rings is 2. The Labute approximate surface area is 168 Å². The molecule has 0 aromatic heterocycles. The molecule has 0 saturated heterocycles. The van der Waals surface area contributed by atoms with Gasteiger partial charge in [-0.15, -0.1) is 0 Å². The van der Waals surface area contributed by atoms with Crippen molar-refractivity contribution in [2.75, 3.05) is 18.5 Å². The first-order valence-electron chi connectivity index (χ1n) is 9.92. The van der Waals surface area contributed by atoms with Crippen molar-refractivity contribution in [2.45, 2.75) is 52.9 Å². The molecule has 28 heavy (non-hydrogen) atoms. The summed E-state index contributed by atoms with van der Waals surface area (Å²) in [6.45, 7) is 9.72. The molecule has 2 aromatic rings. The van der Waals surface area contributed by atoms with Crippen molar-refractivity contribution in [3.63, 3.8) is 0 Å². The monoisotopic (exact) mass is 384 g/mol. The maximum atomic E-state index is 12.3. The van der Waals surface area contributed by atoms with Gasteiger partial charge in [-0.3, -0.25) is 0 Å². The van der Waals surface area contributed by atoms with Gasteiger partial charge in [-0.05, 0) is 56.0 Å². The van der Waals surface area contributed by atoms with Crippen LogP contribution in [-0.2, 0) is 22.5 Å². The zero-order valence-corrected chi connectivity index (χ0v) is 17.3. The number of ether oxygens (including phenoxy) is 2. The molecule has 1 unspecified atom stereocenters. The Kier molecular flexibility index (Phi) is 8.98. The lowest BCUT2D eigenvalue weighted by Crippen LogP contribution is -2.31. The summed E-state index contributed by atoms with van der Waals surface area (Å²) in [5.74, 6) is 0. The Morgan fingerprint density at radius 3 is 2.43 bits per heavy atom. The third-order valence-electron chi connectivity index (χ3n) is 4.37. The summed E-state index contributed by atoms with van der Waals surface area (Å²) in [5.41, 5.74) is 4.12. The Balaban J connectivity index is 1.80. The first-order valence-corrected chi connectivity index (χ1v) is 9.92. The van der Waals surface area contributed by atoms with Gasteiger partial charge in [0.25, 0.3) is 0 Å². The average Bonchev–Trinajstić information content (AvgIpc) is 2.67. The Morgan fingerprint density at radius 1 is 1.00 bits per heavy atom. The molecular formula is C23H32N2O3. The second-order valence-electron chi connectivity index (χ2n) is 7.09. The topological polar surface area (TPSA) is 59.6 Å². The number of amides is 2. The Hall–Kier alpha value is -2.37. The van der Waals surface area contributed by atoms with Crippen molar-refractivity contribution in [3.05, 3.63) is 65.2 Å². The van der Waals surface area contributed by atoms with E-state index in [1.807, 2.05) is 45.0 Å². The van der Waals surface area contributed by atoms with Gasteiger partial charge in [0.15, 0.2) is 0 Å². The van der Waals surface area contributed by atoms with Crippen LogP contribution >= 0.6 is 0 Å². The normalized spacial score (nSPS) is 12.0. The predicted molar refractivity (Wildman–Crippen MR) is 114 cm³/mol. The van der Waals surface area contributed by atoms with Gasteiger partial charge in [0.05, 0.1) is 32.0 Å². The van der Waals surface area contributed by atoms with Crippen molar-refractivity contribution in [1.82, 2.24) is 5.32 Å². The van der Waals surface area contributed by atoms with Crippen LogP contribution in [0.3, 0.4) is 0 Å². The number of rotatable bonds is 10. The van der Waals surface area contributed by atoms with Gasteiger partial charge in [0, 0.05) is 5.69 Å². The smallest absolute Gasteiger partial charge is 0.319 e. The van der Waals surface area contributed by atoms with E-state index in [0.717, 1.165) is 23.2 Å². The van der Waals surface area contributed by atoms with Crippen molar-refractivity contribution in [3.8, 4) is 0 Å². The van der Waals surface area contributed by atoms with Gasteiger partial charge in [-0.25, -0.2) is 4.79 Å². The molecule has 0 heterocycles. The lowest BCUT2D eigenvalue weighted by molar-refractivity contribution is 0.0143. The van der Waals surface area contributed by atoms with Crippen molar-refractivity contribution >= 4 is 11.7 Å². The van der Waals surface area contributed by atoms with Crippen LogP contribution in [0.15, 0.2) is 48.5 Å². The minimum atomic E-state index is -0.226. The highest BCUT2D eigenvalue weighted by molar-refractivity contribution is 5.89. The highest BCUT2D eigenvalue weighted by Crippen LogP contribution is 2.15. The molecule has 0 spiro atoms. The molecule has 0 aliphatic carbocycles. The van der Waals surface area contributed by atoms with E-state index in [0.29, 0.717) is 19.8 Å². The van der Waals surface area contributed by atoms with Gasteiger partial charge < -0.3 is 20.1 Å². The molecule has 2 rings (SSSR count). The lowest BCUT2D eigenvalue weighted by atomic mass is 10.1. The molecule has 0 bridgehead atoms. The number of nitrogens with one attached hydrogen (secondary N) is 2. The molecule has 0 saturated carbocycles. The van der Waals surface area contributed by atoms with E-state index >= 15 is 0 Å². The number of aryl methyl sites for hydroxylation is 1. The number of carbonyl (C=O) groups is 1. The SMILES string of the molecule is CCc1ccc(C(C)NC(=O)Nc2cccc(COCCOC(C)C)c2)cc1. The van der Waals surface area contributed by atoms with E-state index in [9.17, 15) is 4.79 Å². The van der Waals surface area contributed by atoms with Crippen LogP contribution in [0.25, 0.3) is 0 Å². The Bertz CT molecular complexity index is 729. The molecule has 2 N–H and O–H groups in total. The number of anilines is 1. The lowest BCUT2D eigenvalue weighted by Gasteiger charge is -2.16. The van der Waals surface area contributed by atoms with E-state index in [1.54, 1.807) is 0 Å². The van der Waals surface area contributed by atoms with Gasteiger partial charge in [0.2, 0.25) is 0 Å². The highest BCUT2D eigenvalue weighted by Gasteiger charge is 2.10. The molecule has 2 amide bonds. The van der Waals surface area contributed by atoms with Gasteiger partial charge in [-0.2, -0.15) is 0 Å². The van der Waals surface area contributed by atoms with Gasteiger partial charge in [0.1, 0.15) is 0 Å². The van der Waals surface area contributed by atoms with Crippen molar-refractivity contribution in [2.24, 2.45) is 0 Å². The van der Waals surface area contributed by atoms with E-state index in [2.05, 4.69) is 41.8 Å². The highest BCUT2D eigenvalue weighted by atomic mass is 16.5. The van der Waals surface area contributed by atoms with Crippen molar-refractivity contribution < 1.29 is 14.3 Å². The van der Waals surface area contributed by atoms with Crippen LogP contribution in [0, 0.1) is 0 Å². The van der Waals surface area contributed by atoms with Crippen LogP contribution in [0.1, 0.15) is 50.4 Å². The average molecular weight is 385 g/mol. The maximum absolute atomic E-state index is 12.3. The first kappa shape index (κ1) is 21.9. The zero-order valence-electron chi connectivity index (χ0n) is 17.3.